The van der Waals surface area contributed by atoms with Crippen LogP contribution in [0.5, 0.6) is 0 Å². The Morgan fingerprint density at radius 3 is 2.89 bits per heavy atom. The summed E-state index contributed by atoms with van der Waals surface area (Å²) in [7, 11) is 1.93. The molecule has 4 nitrogen and oxygen atoms in total. The Kier molecular flexibility index (Phi) is 3.11. The molecule has 1 aromatic carbocycles. The molecule has 2 heterocycles. The summed E-state index contributed by atoms with van der Waals surface area (Å²) >= 11 is 3.65. The van der Waals surface area contributed by atoms with Gasteiger partial charge in [0.2, 0.25) is 5.78 Å². The molecule has 3 aromatic rings. The van der Waals surface area contributed by atoms with Crippen LogP contribution in [0, 0.1) is 0 Å². The predicted molar refractivity (Wildman–Crippen MR) is 81.6 cm³/mol. The first-order valence-electron chi connectivity index (χ1n) is 6.45. The molecule has 0 aliphatic carbocycles. The van der Waals surface area contributed by atoms with Crippen LogP contribution in [0.15, 0.2) is 22.8 Å². The number of hydrogen-bond donors (Lipinski definition) is 2. The van der Waals surface area contributed by atoms with Gasteiger partial charge in [-0.3, -0.25) is 4.40 Å². The molecular weight excluding hydrogens is 304 g/mol. The van der Waals surface area contributed by atoms with E-state index in [4.69, 9.17) is 0 Å². The summed E-state index contributed by atoms with van der Waals surface area (Å²) in [5.41, 5.74) is 4.60. The predicted octanol–water partition coefficient (Wildman–Crippen LogP) is 3.42. The quantitative estimate of drug-likeness (QED) is 0.776. The van der Waals surface area contributed by atoms with Gasteiger partial charge in [-0.05, 0) is 46.6 Å². The van der Waals surface area contributed by atoms with Crippen LogP contribution in [-0.4, -0.2) is 21.4 Å². The van der Waals surface area contributed by atoms with Gasteiger partial charge in [-0.2, -0.15) is 0 Å². The maximum absolute atomic E-state index is 4.67. The zero-order chi connectivity index (χ0) is 13.6. The fraction of sp³-hybridized carbons (Fsp3) is 0.357. The molecule has 0 aliphatic heterocycles. The Balaban J connectivity index is 2.24. The summed E-state index contributed by atoms with van der Waals surface area (Å²) in [5.74, 6) is 1.40. The van der Waals surface area contributed by atoms with E-state index in [1.165, 1.54) is 5.56 Å². The highest BCUT2D eigenvalue weighted by molar-refractivity contribution is 9.10. The van der Waals surface area contributed by atoms with Crippen molar-refractivity contribution in [1.29, 1.82) is 0 Å². The van der Waals surface area contributed by atoms with E-state index in [-0.39, 0.29) is 0 Å². The third kappa shape index (κ3) is 1.97. The number of aromatic nitrogens is 3. The van der Waals surface area contributed by atoms with Crippen LogP contribution >= 0.6 is 15.9 Å². The normalized spacial score (nSPS) is 12.1. The molecule has 5 heteroatoms. The topological polar surface area (TPSA) is 45.1 Å². The van der Waals surface area contributed by atoms with Gasteiger partial charge in [0.1, 0.15) is 4.60 Å². The molecule has 0 unspecified atom stereocenters. The van der Waals surface area contributed by atoms with Crippen LogP contribution in [0.3, 0.4) is 0 Å². The highest BCUT2D eigenvalue weighted by atomic mass is 79.9. The first-order valence-corrected chi connectivity index (χ1v) is 7.24. The monoisotopic (exact) mass is 320 g/mol. The molecule has 0 fully saturated rings. The van der Waals surface area contributed by atoms with Crippen molar-refractivity contribution >= 4 is 32.7 Å². The van der Waals surface area contributed by atoms with Crippen LogP contribution in [0.2, 0.25) is 0 Å². The molecule has 0 aliphatic rings. The second-order valence-electron chi connectivity index (χ2n) is 5.10. The number of imidazole rings is 2. The summed E-state index contributed by atoms with van der Waals surface area (Å²) in [5, 5.41) is 3.15. The molecule has 0 atom stereocenters. The minimum atomic E-state index is 0.521. The highest BCUT2D eigenvalue weighted by Crippen LogP contribution is 2.27. The summed E-state index contributed by atoms with van der Waals surface area (Å²) in [6.45, 7) is 5.18. The van der Waals surface area contributed by atoms with Gasteiger partial charge in [0.25, 0.3) is 0 Å². The minimum Gasteiger partial charge on any atom is -0.325 e. The third-order valence-electron chi connectivity index (χ3n) is 3.41. The molecular formula is C14H17BrN4. The molecule has 100 valence electrons. The van der Waals surface area contributed by atoms with E-state index in [1.54, 1.807) is 0 Å². The number of nitrogens with one attached hydrogen (secondary N) is 2. The van der Waals surface area contributed by atoms with E-state index in [2.05, 4.69) is 67.7 Å². The van der Waals surface area contributed by atoms with Crippen LogP contribution in [0.4, 0.5) is 0 Å². The largest absolute Gasteiger partial charge is 0.325 e. The van der Waals surface area contributed by atoms with Gasteiger partial charge < -0.3 is 10.3 Å². The maximum atomic E-state index is 4.67. The van der Waals surface area contributed by atoms with Crippen LogP contribution in [0.25, 0.3) is 16.8 Å². The lowest BCUT2D eigenvalue weighted by Crippen LogP contribution is -2.05. The second-order valence-corrected chi connectivity index (χ2v) is 5.85. The first-order chi connectivity index (χ1) is 9.11. The summed E-state index contributed by atoms with van der Waals surface area (Å²) in [6.07, 6.45) is 0. The van der Waals surface area contributed by atoms with Gasteiger partial charge in [0.15, 0.2) is 0 Å². The third-order valence-corrected chi connectivity index (χ3v) is 4.24. The minimum absolute atomic E-state index is 0.521. The second kappa shape index (κ2) is 4.65. The van der Waals surface area contributed by atoms with E-state index in [0.717, 1.165) is 33.7 Å². The summed E-state index contributed by atoms with van der Waals surface area (Å²) in [6, 6.07) is 6.50. The average Bonchev–Trinajstić information content (AvgIpc) is 2.87. The van der Waals surface area contributed by atoms with E-state index in [9.17, 15) is 0 Å². The summed E-state index contributed by atoms with van der Waals surface area (Å²) < 4.78 is 3.16. The van der Waals surface area contributed by atoms with Gasteiger partial charge in [0, 0.05) is 6.54 Å². The zero-order valence-corrected chi connectivity index (χ0v) is 12.9. The Morgan fingerprint density at radius 1 is 1.42 bits per heavy atom. The molecule has 2 N–H and O–H groups in total. The standard InChI is InChI=1S/C14H17BrN4/c1-8(2)9-4-5-12-10(6-9)17-14-18-11(7-16-3)13(15)19(12)14/h4-6,8,16H,7H2,1-3H3,(H,17,18). The van der Waals surface area contributed by atoms with Crippen molar-refractivity contribution in [3.63, 3.8) is 0 Å². The number of fused-ring (bicyclic) bond motifs is 3. The number of H-pyrrole nitrogens is 1. The van der Waals surface area contributed by atoms with Crippen LogP contribution in [-0.2, 0) is 6.54 Å². The SMILES string of the molecule is CNCc1[nH]c2nc3cc(C(C)C)ccc3n2c1Br. The number of nitrogens with zero attached hydrogens (tertiary/aromatic N) is 2. The number of aromatic amines is 1. The van der Waals surface area contributed by atoms with Crippen molar-refractivity contribution < 1.29 is 0 Å². The lowest BCUT2D eigenvalue weighted by Gasteiger charge is -2.04. The van der Waals surface area contributed by atoms with Crippen molar-refractivity contribution in [3.05, 3.63) is 34.1 Å². The van der Waals surface area contributed by atoms with Crippen LogP contribution < -0.4 is 5.32 Å². The molecule has 0 saturated heterocycles. The zero-order valence-electron chi connectivity index (χ0n) is 11.3. The highest BCUT2D eigenvalue weighted by Gasteiger charge is 2.14. The molecule has 0 spiro atoms. The Labute approximate surface area is 120 Å². The number of halogens is 1. The van der Waals surface area contributed by atoms with Gasteiger partial charge in [-0.15, -0.1) is 0 Å². The Hall–Kier alpha value is -1.33. The lowest BCUT2D eigenvalue weighted by atomic mass is 10.0. The molecule has 2 aromatic heterocycles. The van der Waals surface area contributed by atoms with E-state index in [0.29, 0.717) is 5.92 Å². The van der Waals surface area contributed by atoms with E-state index >= 15 is 0 Å². The Bertz CT molecular complexity index is 739. The molecule has 0 radical (unpaired) electrons. The van der Waals surface area contributed by atoms with Gasteiger partial charge in [-0.1, -0.05) is 19.9 Å². The van der Waals surface area contributed by atoms with Crippen molar-refractivity contribution in [1.82, 2.24) is 19.7 Å². The number of rotatable bonds is 3. The van der Waals surface area contributed by atoms with Crippen molar-refractivity contribution in [3.8, 4) is 0 Å². The molecule has 19 heavy (non-hydrogen) atoms. The van der Waals surface area contributed by atoms with Crippen LogP contribution in [0.1, 0.15) is 31.0 Å². The van der Waals surface area contributed by atoms with E-state index in [1.807, 2.05) is 7.05 Å². The fourth-order valence-corrected chi connectivity index (χ4v) is 2.95. The lowest BCUT2D eigenvalue weighted by molar-refractivity contribution is 0.793. The molecule has 3 rings (SSSR count). The number of benzene rings is 1. The Morgan fingerprint density at radius 2 is 2.21 bits per heavy atom. The molecule has 0 saturated carbocycles. The van der Waals surface area contributed by atoms with Crippen molar-refractivity contribution in [2.75, 3.05) is 7.05 Å². The average molecular weight is 321 g/mol. The smallest absolute Gasteiger partial charge is 0.213 e. The van der Waals surface area contributed by atoms with E-state index < -0.39 is 0 Å². The maximum Gasteiger partial charge on any atom is 0.213 e. The van der Waals surface area contributed by atoms with Crippen molar-refractivity contribution in [2.45, 2.75) is 26.3 Å². The number of hydrogen-bond acceptors (Lipinski definition) is 2. The fourth-order valence-electron chi connectivity index (χ4n) is 2.35. The molecule has 0 bridgehead atoms. The van der Waals surface area contributed by atoms with Crippen molar-refractivity contribution in [2.24, 2.45) is 0 Å². The summed E-state index contributed by atoms with van der Waals surface area (Å²) in [4.78, 5) is 8.02. The first kappa shape index (κ1) is 12.7. The van der Waals surface area contributed by atoms with Gasteiger partial charge >= 0.3 is 0 Å². The van der Waals surface area contributed by atoms with Gasteiger partial charge in [0.05, 0.1) is 16.7 Å². The molecule has 0 amide bonds. The van der Waals surface area contributed by atoms with Gasteiger partial charge in [-0.25, -0.2) is 4.98 Å².